The number of rotatable bonds is 5. The standard InChI is InChI=1S/C28H21BrN4O4S2/c1-15-4-8-18(9-5-15)31-20(34)14-32-27-24(39-28(32)37)21(16-3-2-12-30-13-16)22-23(38-27)26(36)33(25(22)35)19-10-6-17(29)7-11-19/h2-13,21-23H,14H2,1H3,(H,31,34). The second-order valence-corrected chi connectivity index (χ2v) is 12.4. The van der Waals surface area contributed by atoms with Crippen LogP contribution in [0.5, 0.6) is 0 Å². The average Bonchev–Trinajstić information content (AvgIpc) is 3.37. The van der Waals surface area contributed by atoms with E-state index >= 15 is 0 Å². The lowest BCUT2D eigenvalue weighted by Gasteiger charge is -2.30. The molecular formula is C28H21BrN4O4S2. The summed E-state index contributed by atoms with van der Waals surface area (Å²) in [5, 5.41) is 2.62. The molecule has 0 bridgehead atoms. The molecule has 3 amide bonds. The van der Waals surface area contributed by atoms with Crippen molar-refractivity contribution in [2.45, 2.75) is 29.7 Å². The van der Waals surface area contributed by atoms with E-state index in [0.29, 0.717) is 21.3 Å². The van der Waals surface area contributed by atoms with Gasteiger partial charge in [0, 0.05) is 33.3 Å². The summed E-state index contributed by atoms with van der Waals surface area (Å²) in [4.78, 5) is 59.5. The van der Waals surface area contributed by atoms with Crippen LogP contribution in [-0.2, 0) is 20.9 Å². The van der Waals surface area contributed by atoms with Gasteiger partial charge in [-0.1, -0.05) is 62.8 Å². The summed E-state index contributed by atoms with van der Waals surface area (Å²) < 4.78 is 2.24. The summed E-state index contributed by atoms with van der Waals surface area (Å²) in [7, 11) is 0. The first-order valence-electron chi connectivity index (χ1n) is 12.1. The molecule has 3 atom stereocenters. The van der Waals surface area contributed by atoms with Gasteiger partial charge < -0.3 is 5.32 Å². The Bertz CT molecular complexity index is 1650. The number of fused-ring (bicyclic) bond motifs is 2. The summed E-state index contributed by atoms with van der Waals surface area (Å²) in [6.45, 7) is 1.75. The van der Waals surface area contributed by atoms with Gasteiger partial charge in [-0.05, 0) is 55.0 Å². The van der Waals surface area contributed by atoms with Crippen LogP contribution in [0.3, 0.4) is 0 Å². The van der Waals surface area contributed by atoms with Crippen molar-refractivity contribution in [1.29, 1.82) is 0 Å². The second kappa shape index (κ2) is 10.2. The fraction of sp³-hybridized carbons (Fsp3) is 0.179. The highest BCUT2D eigenvalue weighted by atomic mass is 79.9. The average molecular weight is 622 g/mol. The Labute approximate surface area is 240 Å². The van der Waals surface area contributed by atoms with Crippen molar-refractivity contribution >= 4 is 68.1 Å². The molecule has 2 aliphatic rings. The molecule has 4 aromatic rings. The number of hydrogen-bond donors (Lipinski definition) is 1. The van der Waals surface area contributed by atoms with Gasteiger partial charge in [0.15, 0.2) is 0 Å². The van der Waals surface area contributed by atoms with Crippen LogP contribution in [0.25, 0.3) is 0 Å². The highest BCUT2D eigenvalue weighted by Gasteiger charge is 2.56. The Morgan fingerprint density at radius 1 is 1.03 bits per heavy atom. The smallest absolute Gasteiger partial charge is 0.308 e. The Kier molecular flexibility index (Phi) is 6.74. The SMILES string of the molecule is Cc1ccc(NC(=O)Cn2c3c(sc2=O)C(c2cccnc2)C2C(=O)N(c4ccc(Br)cc4)C(=O)C2S3)cc1. The molecule has 8 nitrogen and oxygen atoms in total. The van der Waals surface area contributed by atoms with Crippen molar-refractivity contribution in [3.05, 3.63) is 103 Å². The lowest BCUT2D eigenvalue weighted by molar-refractivity contribution is -0.122. The van der Waals surface area contributed by atoms with Crippen molar-refractivity contribution in [2.24, 2.45) is 5.92 Å². The molecule has 2 aromatic heterocycles. The first-order chi connectivity index (χ1) is 18.8. The molecule has 0 aliphatic carbocycles. The second-order valence-electron chi connectivity index (χ2n) is 9.35. The summed E-state index contributed by atoms with van der Waals surface area (Å²) >= 11 is 5.60. The molecule has 1 saturated heterocycles. The van der Waals surface area contributed by atoms with Crippen LogP contribution in [0.4, 0.5) is 11.4 Å². The first-order valence-corrected chi connectivity index (χ1v) is 14.6. The van der Waals surface area contributed by atoms with Gasteiger partial charge in [0.25, 0.3) is 0 Å². The van der Waals surface area contributed by atoms with E-state index in [2.05, 4.69) is 26.2 Å². The van der Waals surface area contributed by atoms with Crippen molar-refractivity contribution in [2.75, 3.05) is 10.2 Å². The Morgan fingerprint density at radius 2 is 1.77 bits per heavy atom. The minimum absolute atomic E-state index is 0.207. The van der Waals surface area contributed by atoms with Crippen LogP contribution in [0.1, 0.15) is 21.9 Å². The lowest BCUT2D eigenvalue weighted by atomic mass is 9.84. The third kappa shape index (κ3) is 4.64. The van der Waals surface area contributed by atoms with Crippen molar-refractivity contribution in [3.63, 3.8) is 0 Å². The number of carbonyl (C=O) groups is 3. The van der Waals surface area contributed by atoms with Gasteiger partial charge in [-0.25, -0.2) is 4.90 Å². The number of aryl methyl sites for hydroxylation is 1. The van der Waals surface area contributed by atoms with Crippen LogP contribution in [0.2, 0.25) is 0 Å². The van der Waals surface area contributed by atoms with Gasteiger partial charge in [0.1, 0.15) is 11.8 Å². The molecule has 0 saturated carbocycles. The fourth-order valence-electron chi connectivity index (χ4n) is 5.00. The largest absolute Gasteiger partial charge is 0.325 e. The first kappa shape index (κ1) is 25.7. The van der Waals surface area contributed by atoms with Crippen molar-refractivity contribution in [3.8, 4) is 0 Å². The van der Waals surface area contributed by atoms with Crippen molar-refractivity contribution in [1.82, 2.24) is 9.55 Å². The van der Waals surface area contributed by atoms with E-state index < -0.39 is 17.1 Å². The zero-order valence-corrected chi connectivity index (χ0v) is 23.8. The molecule has 39 heavy (non-hydrogen) atoms. The van der Waals surface area contributed by atoms with E-state index in [0.717, 1.165) is 26.9 Å². The summed E-state index contributed by atoms with van der Waals surface area (Å²) in [6.07, 6.45) is 3.30. The number of anilines is 2. The van der Waals surface area contributed by atoms with Gasteiger partial charge >= 0.3 is 4.87 Å². The summed E-state index contributed by atoms with van der Waals surface area (Å²) in [6, 6.07) is 18.0. The van der Waals surface area contributed by atoms with Gasteiger partial charge in [-0.15, -0.1) is 0 Å². The number of nitrogens with one attached hydrogen (secondary N) is 1. The van der Waals surface area contributed by atoms with Crippen molar-refractivity contribution < 1.29 is 14.4 Å². The zero-order valence-electron chi connectivity index (χ0n) is 20.5. The molecule has 0 spiro atoms. The minimum atomic E-state index is -0.751. The zero-order chi connectivity index (χ0) is 27.3. The highest BCUT2D eigenvalue weighted by Crippen LogP contribution is 2.53. The predicted molar refractivity (Wildman–Crippen MR) is 154 cm³/mol. The van der Waals surface area contributed by atoms with Crippen LogP contribution in [0.15, 0.2) is 87.4 Å². The molecule has 2 aromatic carbocycles. The Morgan fingerprint density at radius 3 is 2.46 bits per heavy atom. The van der Waals surface area contributed by atoms with Gasteiger partial charge in [-0.3, -0.25) is 28.7 Å². The lowest BCUT2D eigenvalue weighted by Crippen LogP contribution is -2.33. The molecule has 6 rings (SSSR count). The number of pyridine rings is 1. The molecule has 2 aliphatic heterocycles. The van der Waals surface area contributed by atoms with E-state index in [4.69, 9.17) is 0 Å². The number of hydrogen-bond acceptors (Lipinski definition) is 7. The molecule has 1 N–H and O–H groups in total. The normalized spacial score (nSPS) is 20.1. The monoisotopic (exact) mass is 620 g/mol. The predicted octanol–water partition coefficient (Wildman–Crippen LogP) is 4.81. The molecule has 3 unspecified atom stereocenters. The summed E-state index contributed by atoms with van der Waals surface area (Å²) in [5.41, 5.74) is 2.93. The van der Waals surface area contributed by atoms with E-state index in [1.54, 1.807) is 54.9 Å². The van der Waals surface area contributed by atoms with E-state index in [1.165, 1.54) is 21.2 Å². The number of aromatic nitrogens is 2. The maximum Gasteiger partial charge on any atom is 0.308 e. The van der Waals surface area contributed by atoms with E-state index in [9.17, 15) is 19.2 Å². The number of amides is 3. The number of carbonyl (C=O) groups excluding carboxylic acids is 3. The number of thiazole rings is 1. The fourth-order valence-corrected chi connectivity index (χ4v) is 8.04. The van der Waals surface area contributed by atoms with Gasteiger partial charge in [0.05, 0.1) is 16.6 Å². The van der Waals surface area contributed by atoms with E-state index in [-0.39, 0.29) is 29.1 Å². The maximum atomic E-state index is 13.8. The van der Waals surface area contributed by atoms with Crippen LogP contribution in [-0.4, -0.2) is 32.5 Å². The minimum Gasteiger partial charge on any atom is -0.325 e. The third-order valence-electron chi connectivity index (χ3n) is 6.81. The molecular weight excluding hydrogens is 600 g/mol. The Balaban J connectivity index is 1.39. The van der Waals surface area contributed by atoms with Crippen LogP contribution >= 0.6 is 39.0 Å². The molecule has 4 heterocycles. The maximum absolute atomic E-state index is 13.8. The number of nitrogens with zero attached hydrogens (tertiary/aromatic N) is 3. The third-order valence-corrected chi connectivity index (χ3v) is 9.95. The molecule has 1 fully saturated rings. The molecule has 11 heteroatoms. The van der Waals surface area contributed by atoms with Crippen LogP contribution < -0.4 is 15.1 Å². The topological polar surface area (TPSA) is 101 Å². The number of halogens is 1. The number of imide groups is 1. The highest BCUT2D eigenvalue weighted by molar-refractivity contribution is 9.10. The number of thioether (sulfide) groups is 1. The van der Waals surface area contributed by atoms with E-state index in [1.807, 2.05) is 25.1 Å². The van der Waals surface area contributed by atoms with Gasteiger partial charge in [-0.2, -0.15) is 0 Å². The Hall–Kier alpha value is -3.54. The summed E-state index contributed by atoms with van der Waals surface area (Å²) in [5.74, 6) is -2.27. The van der Waals surface area contributed by atoms with Gasteiger partial charge in [0.2, 0.25) is 17.7 Å². The quantitative estimate of drug-likeness (QED) is 0.321. The molecule has 0 radical (unpaired) electrons. The van der Waals surface area contributed by atoms with Crippen LogP contribution in [0, 0.1) is 12.8 Å². The number of benzene rings is 2. The molecule has 196 valence electrons.